The molecule has 1 aliphatic heterocycles. The van der Waals surface area contributed by atoms with Crippen molar-refractivity contribution < 1.29 is 13.2 Å². The van der Waals surface area contributed by atoms with Crippen LogP contribution in [0.2, 0.25) is 5.02 Å². The van der Waals surface area contributed by atoms with Gasteiger partial charge in [-0.3, -0.25) is 4.79 Å². The number of piperazine rings is 1. The Hall–Kier alpha value is -2.12. The summed E-state index contributed by atoms with van der Waals surface area (Å²) < 4.78 is 23.4. The van der Waals surface area contributed by atoms with Gasteiger partial charge in [-0.05, 0) is 30.3 Å². The number of benzene rings is 1. The highest BCUT2D eigenvalue weighted by molar-refractivity contribution is 7.90. The fraction of sp³-hybridized carbons (Fsp3) is 0.294. The number of sulfone groups is 1. The first-order valence-corrected chi connectivity index (χ1v) is 10.1. The topological polar surface area (TPSA) is 70.6 Å². The van der Waals surface area contributed by atoms with Gasteiger partial charge in [0.2, 0.25) is 0 Å². The lowest BCUT2D eigenvalue weighted by atomic mass is 10.1. The van der Waals surface area contributed by atoms with Crippen molar-refractivity contribution in [3.05, 3.63) is 53.2 Å². The third kappa shape index (κ3) is 3.93. The van der Waals surface area contributed by atoms with E-state index in [1.807, 2.05) is 18.2 Å². The summed E-state index contributed by atoms with van der Waals surface area (Å²) in [4.78, 5) is 21.0. The number of halogens is 1. The number of rotatable bonds is 3. The maximum atomic E-state index is 12.8. The van der Waals surface area contributed by atoms with Crippen LogP contribution < -0.4 is 4.90 Å². The molecule has 0 N–H and O–H groups in total. The Morgan fingerprint density at radius 2 is 1.84 bits per heavy atom. The highest BCUT2D eigenvalue weighted by Gasteiger charge is 2.25. The second kappa shape index (κ2) is 7.01. The number of pyridine rings is 1. The summed E-state index contributed by atoms with van der Waals surface area (Å²) in [6, 6.07) is 9.94. The lowest BCUT2D eigenvalue weighted by Gasteiger charge is -2.35. The van der Waals surface area contributed by atoms with E-state index in [0.29, 0.717) is 26.2 Å². The molecule has 2 aromatic rings. The van der Waals surface area contributed by atoms with E-state index in [1.165, 1.54) is 18.2 Å². The van der Waals surface area contributed by atoms with Crippen molar-refractivity contribution in [2.45, 2.75) is 4.90 Å². The summed E-state index contributed by atoms with van der Waals surface area (Å²) >= 11 is 6.12. The van der Waals surface area contributed by atoms with Crippen molar-refractivity contribution >= 4 is 33.2 Å². The first-order valence-electron chi connectivity index (χ1n) is 7.81. The Kier molecular flexibility index (Phi) is 4.96. The third-order valence-corrected chi connectivity index (χ3v) is 5.58. The average Bonchev–Trinajstić information content (AvgIpc) is 2.61. The van der Waals surface area contributed by atoms with Gasteiger partial charge in [0.1, 0.15) is 5.82 Å². The second-order valence-corrected chi connectivity index (χ2v) is 8.30. The average molecular weight is 380 g/mol. The molecule has 1 aromatic heterocycles. The molecule has 0 bridgehead atoms. The van der Waals surface area contributed by atoms with Gasteiger partial charge in [0.05, 0.1) is 15.5 Å². The van der Waals surface area contributed by atoms with Gasteiger partial charge in [0, 0.05) is 38.6 Å². The number of hydrogen-bond donors (Lipinski definition) is 0. The summed E-state index contributed by atoms with van der Waals surface area (Å²) in [6.45, 7) is 2.36. The van der Waals surface area contributed by atoms with Gasteiger partial charge >= 0.3 is 0 Å². The van der Waals surface area contributed by atoms with Crippen LogP contribution in [0.4, 0.5) is 5.82 Å². The number of amides is 1. The van der Waals surface area contributed by atoms with Crippen LogP contribution in [0.1, 0.15) is 10.4 Å². The van der Waals surface area contributed by atoms with E-state index >= 15 is 0 Å². The molecule has 0 atom stereocenters. The van der Waals surface area contributed by atoms with Crippen LogP contribution in [0, 0.1) is 0 Å². The van der Waals surface area contributed by atoms with Gasteiger partial charge in [-0.25, -0.2) is 13.4 Å². The molecule has 0 unspecified atom stereocenters. The highest BCUT2D eigenvalue weighted by atomic mass is 35.5. The number of aromatic nitrogens is 1. The molecule has 3 rings (SSSR count). The van der Waals surface area contributed by atoms with Crippen LogP contribution in [0.15, 0.2) is 47.5 Å². The standard InChI is InChI=1S/C17H18ClN3O3S/c1-25(23,24)13-5-6-15(18)14(12-13)17(22)21-10-8-20(9-11-21)16-4-2-3-7-19-16/h2-7,12H,8-11H2,1H3. The van der Waals surface area contributed by atoms with Crippen LogP contribution in [0.25, 0.3) is 0 Å². The van der Waals surface area contributed by atoms with Crippen molar-refractivity contribution in [2.75, 3.05) is 37.3 Å². The predicted octanol–water partition coefficient (Wildman–Crippen LogP) is 2.10. The molecular weight excluding hydrogens is 362 g/mol. The highest BCUT2D eigenvalue weighted by Crippen LogP contribution is 2.23. The van der Waals surface area contributed by atoms with Crippen molar-refractivity contribution in [3.63, 3.8) is 0 Å². The fourth-order valence-corrected chi connectivity index (χ4v) is 3.59. The van der Waals surface area contributed by atoms with E-state index in [2.05, 4.69) is 9.88 Å². The molecule has 8 heteroatoms. The number of anilines is 1. The number of carbonyl (C=O) groups is 1. The molecule has 132 valence electrons. The molecule has 2 heterocycles. The molecule has 25 heavy (non-hydrogen) atoms. The zero-order chi connectivity index (χ0) is 18.0. The van der Waals surface area contributed by atoms with Crippen molar-refractivity contribution in [3.8, 4) is 0 Å². The van der Waals surface area contributed by atoms with Gasteiger partial charge < -0.3 is 9.80 Å². The maximum Gasteiger partial charge on any atom is 0.255 e. The van der Waals surface area contributed by atoms with E-state index in [1.54, 1.807) is 11.1 Å². The molecule has 1 aromatic carbocycles. The van der Waals surface area contributed by atoms with Crippen LogP contribution in [-0.2, 0) is 9.84 Å². The lowest BCUT2D eigenvalue weighted by molar-refractivity contribution is 0.0746. The summed E-state index contributed by atoms with van der Waals surface area (Å²) in [5, 5.41) is 0.254. The summed E-state index contributed by atoms with van der Waals surface area (Å²) in [6.07, 6.45) is 2.85. The van der Waals surface area contributed by atoms with Crippen LogP contribution in [0.5, 0.6) is 0 Å². The molecule has 1 saturated heterocycles. The predicted molar refractivity (Wildman–Crippen MR) is 96.9 cm³/mol. The number of hydrogen-bond acceptors (Lipinski definition) is 5. The Morgan fingerprint density at radius 3 is 2.44 bits per heavy atom. The summed E-state index contributed by atoms with van der Waals surface area (Å²) in [5.41, 5.74) is 0.218. The second-order valence-electron chi connectivity index (χ2n) is 5.88. The molecule has 0 radical (unpaired) electrons. The lowest BCUT2D eigenvalue weighted by Crippen LogP contribution is -2.49. The minimum Gasteiger partial charge on any atom is -0.353 e. The molecule has 1 aliphatic rings. The molecule has 6 nitrogen and oxygen atoms in total. The maximum absolute atomic E-state index is 12.8. The van der Waals surface area contributed by atoms with E-state index in [4.69, 9.17) is 11.6 Å². The largest absolute Gasteiger partial charge is 0.353 e. The van der Waals surface area contributed by atoms with E-state index in [0.717, 1.165) is 12.1 Å². The van der Waals surface area contributed by atoms with Crippen molar-refractivity contribution in [1.29, 1.82) is 0 Å². The smallest absolute Gasteiger partial charge is 0.255 e. The van der Waals surface area contributed by atoms with Gasteiger partial charge in [-0.2, -0.15) is 0 Å². The van der Waals surface area contributed by atoms with Gasteiger partial charge in [-0.15, -0.1) is 0 Å². The monoisotopic (exact) mass is 379 g/mol. The van der Waals surface area contributed by atoms with Crippen molar-refractivity contribution in [1.82, 2.24) is 9.88 Å². The quantitative estimate of drug-likeness (QED) is 0.816. The molecule has 0 spiro atoms. The molecular formula is C17H18ClN3O3S. The van der Waals surface area contributed by atoms with E-state index in [9.17, 15) is 13.2 Å². The third-order valence-electron chi connectivity index (χ3n) is 4.14. The van der Waals surface area contributed by atoms with Gasteiger partial charge in [-0.1, -0.05) is 17.7 Å². The molecule has 0 saturated carbocycles. The van der Waals surface area contributed by atoms with Crippen LogP contribution in [-0.4, -0.2) is 56.6 Å². The zero-order valence-electron chi connectivity index (χ0n) is 13.7. The van der Waals surface area contributed by atoms with Crippen LogP contribution in [0.3, 0.4) is 0 Å². The van der Waals surface area contributed by atoms with Crippen molar-refractivity contribution in [2.24, 2.45) is 0 Å². The Balaban J connectivity index is 1.75. The Bertz CT molecular complexity index is 879. The van der Waals surface area contributed by atoms with E-state index < -0.39 is 9.84 Å². The Morgan fingerprint density at radius 1 is 1.12 bits per heavy atom. The summed E-state index contributed by atoms with van der Waals surface area (Å²) in [7, 11) is -3.40. The zero-order valence-corrected chi connectivity index (χ0v) is 15.3. The molecule has 1 fully saturated rings. The normalized spacial score (nSPS) is 15.3. The first kappa shape index (κ1) is 17.7. The first-order chi connectivity index (χ1) is 11.9. The molecule has 1 amide bonds. The Labute approximate surface area is 152 Å². The van der Waals surface area contributed by atoms with E-state index in [-0.39, 0.29) is 21.4 Å². The fourth-order valence-electron chi connectivity index (χ4n) is 2.75. The van der Waals surface area contributed by atoms with Gasteiger partial charge in [0.15, 0.2) is 9.84 Å². The van der Waals surface area contributed by atoms with Crippen LogP contribution >= 0.6 is 11.6 Å². The number of nitrogens with zero attached hydrogens (tertiary/aromatic N) is 3. The SMILES string of the molecule is CS(=O)(=O)c1ccc(Cl)c(C(=O)N2CCN(c3ccccn3)CC2)c1. The summed E-state index contributed by atoms with van der Waals surface area (Å²) in [5.74, 6) is 0.628. The minimum atomic E-state index is -3.40. The number of carbonyl (C=O) groups excluding carboxylic acids is 1. The molecule has 0 aliphatic carbocycles. The minimum absolute atomic E-state index is 0.0902. The van der Waals surface area contributed by atoms with Gasteiger partial charge in [0.25, 0.3) is 5.91 Å².